The minimum atomic E-state index is -1.28. The first-order valence-electron chi connectivity index (χ1n) is 4.37. The van der Waals surface area contributed by atoms with Gasteiger partial charge in [0.2, 0.25) is 0 Å². The lowest BCUT2D eigenvalue weighted by atomic mass is 10.2. The summed E-state index contributed by atoms with van der Waals surface area (Å²) in [5, 5.41) is 10.6. The van der Waals surface area contributed by atoms with Gasteiger partial charge in [-0.25, -0.2) is 4.98 Å². The molecule has 2 aromatic heterocycles. The van der Waals surface area contributed by atoms with Gasteiger partial charge in [-0.15, -0.1) is 0 Å². The first-order chi connectivity index (χ1) is 7.27. The Balaban J connectivity index is 0.00000128. The van der Waals surface area contributed by atoms with Crippen molar-refractivity contribution in [3.05, 3.63) is 48.3 Å². The number of quaternary nitrogens is 1. The van der Waals surface area contributed by atoms with Gasteiger partial charge in [0.25, 0.3) is 0 Å². The van der Waals surface area contributed by atoms with E-state index < -0.39 is 5.97 Å². The molecule has 2 aromatic rings. The molecule has 0 aromatic carbocycles. The summed E-state index contributed by atoms with van der Waals surface area (Å²) < 4.78 is 0. The second-order valence-corrected chi connectivity index (χ2v) is 2.91. The third kappa shape index (κ3) is 2.40. The molecule has 2 rings (SSSR count). The Hall–Kier alpha value is -2.27. The smallest absolute Gasteiger partial charge is 0.0900 e. The van der Waals surface area contributed by atoms with Crippen LogP contribution in [0, 0.1) is 0 Å². The van der Waals surface area contributed by atoms with Crippen LogP contribution in [0.5, 0.6) is 0 Å². The van der Waals surface area contributed by atoms with Crippen LogP contribution in [0.15, 0.2) is 42.6 Å². The maximum atomic E-state index is 10.6. The van der Waals surface area contributed by atoms with E-state index in [1.165, 1.54) is 6.07 Å². The van der Waals surface area contributed by atoms with E-state index >= 15 is 0 Å². The number of carboxylic acids is 1. The Labute approximate surface area is 92.4 Å². The number of hydrogen-bond acceptors (Lipinski definition) is 4. The predicted octanol–water partition coefficient (Wildman–Crippen LogP) is 0.883. The summed E-state index contributed by atoms with van der Waals surface area (Å²) in [5.41, 5.74) is 1.08. The zero-order chi connectivity index (χ0) is 10.7. The Morgan fingerprint density at radius 1 is 1.06 bits per heavy atom. The number of carboxylic acid groups (broad SMARTS) is 1. The van der Waals surface area contributed by atoms with Gasteiger partial charge in [-0.1, -0.05) is 12.1 Å². The molecule has 0 saturated heterocycles. The van der Waals surface area contributed by atoms with Crippen LogP contribution in [0.4, 0.5) is 0 Å². The number of hydrogen-bond donors (Lipinski definition) is 1. The first kappa shape index (κ1) is 11.8. The van der Waals surface area contributed by atoms with E-state index in [0.29, 0.717) is 11.4 Å². The van der Waals surface area contributed by atoms with Crippen molar-refractivity contribution in [3.8, 4) is 11.4 Å². The number of aromatic carboxylic acids is 1. The van der Waals surface area contributed by atoms with Crippen LogP contribution in [0.1, 0.15) is 10.5 Å². The van der Waals surface area contributed by atoms with E-state index in [0.717, 1.165) is 0 Å². The van der Waals surface area contributed by atoms with E-state index in [2.05, 4.69) is 9.97 Å². The SMILES string of the molecule is O=C([O-])c1cccc(-c2ccccn2)n1.[NH4+]. The molecule has 0 aliphatic rings. The highest BCUT2D eigenvalue weighted by atomic mass is 16.4. The van der Waals surface area contributed by atoms with Crippen LogP contribution in [0.25, 0.3) is 11.4 Å². The summed E-state index contributed by atoms with van der Waals surface area (Å²) in [7, 11) is 0. The van der Waals surface area contributed by atoms with Gasteiger partial charge >= 0.3 is 0 Å². The van der Waals surface area contributed by atoms with E-state index in [9.17, 15) is 9.90 Å². The molecule has 0 aliphatic carbocycles. The zero-order valence-electron chi connectivity index (χ0n) is 8.75. The van der Waals surface area contributed by atoms with Crippen LogP contribution in [0.3, 0.4) is 0 Å². The van der Waals surface area contributed by atoms with Crippen molar-refractivity contribution in [2.45, 2.75) is 0 Å². The van der Waals surface area contributed by atoms with Crippen LogP contribution in [0.2, 0.25) is 0 Å². The lowest BCUT2D eigenvalue weighted by molar-refractivity contribution is -0.255. The van der Waals surface area contributed by atoms with Crippen LogP contribution < -0.4 is 11.3 Å². The molecule has 0 fully saturated rings. The summed E-state index contributed by atoms with van der Waals surface area (Å²) in [6, 6.07) is 10.1. The molecule has 0 saturated carbocycles. The molecule has 0 amide bonds. The van der Waals surface area contributed by atoms with Crippen LogP contribution in [-0.2, 0) is 0 Å². The number of nitrogens with zero attached hydrogens (tertiary/aromatic N) is 2. The Morgan fingerprint density at radius 2 is 1.81 bits per heavy atom. The molecular weight excluding hydrogens is 206 g/mol. The summed E-state index contributed by atoms with van der Waals surface area (Å²) in [6.07, 6.45) is 1.63. The van der Waals surface area contributed by atoms with Crippen LogP contribution >= 0.6 is 0 Å². The molecule has 0 bridgehead atoms. The molecule has 2 heterocycles. The van der Waals surface area contributed by atoms with Gasteiger partial charge in [0.15, 0.2) is 0 Å². The third-order valence-electron chi connectivity index (χ3n) is 1.89. The summed E-state index contributed by atoms with van der Waals surface area (Å²) in [6.45, 7) is 0. The second-order valence-electron chi connectivity index (χ2n) is 2.91. The summed E-state index contributed by atoms with van der Waals surface area (Å²) in [5.74, 6) is -1.28. The van der Waals surface area contributed by atoms with Crippen LogP contribution in [-0.4, -0.2) is 15.9 Å². The van der Waals surface area contributed by atoms with Gasteiger partial charge in [-0.3, -0.25) is 4.98 Å². The fraction of sp³-hybridized carbons (Fsp3) is 0. The standard InChI is InChI=1S/C11H8N2O2.H3N/c14-11(15)10-6-3-5-9(13-10)8-4-1-2-7-12-8;/h1-7H,(H,14,15);1H3. The molecule has 5 nitrogen and oxygen atoms in total. The maximum Gasteiger partial charge on any atom is 0.0900 e. The fourth-order valence-corrected chi connectivity index (χ4v) is 1.21. The Bertz CT molecular complexity index is 486. The number of rotatable bonds is 2. The van der Waals surface area contributed by atoms with Gasteiger partial charge in [0.05, 0.1) is 23.1 Å². The largest absolute Gasteiger partial charge is 0.543 e. The normalized spacial score (nSPS) is 9.25. The fourth-order valence-electron chi connectivity index (χ4n) is 1.21. The molecule has 0 atom stereocenters. The molecular formula is C11H11N3O2. The molecule has 5 heteroatoms. The lowest BCUT2D eigenvalue weighted by Gasteiger charge is -2.03. The van der Waals surface area contributed by atoms with Gasteiger partial charge in [-0.05, 0) is 24.3 Å². The monoisotopic (exact) mass is 217 g/mol. The highest BCUT2D eigenvalue weighted by Gasteiger charge is 2.01. The van der Waals surface area contributed by atoms with Gasteiger partial charge in [0.1, 0.15) is 0 Å². The highest BCUT2D eigenvalue weighted by Crippen LogP contribution is 2.13. The predicted molar refractivity (Wildman–Crippen MR) is 57.8 cm³/mol. The van der Waals surface area contributed by atoms with Crippen molar-refractivity contribution in [2.75, 3.05) is 0 Å². The molecule has 4 N–H and O–H groups in total. The topological polar surface area (TPSA) is 102 Å². The molecule has 0 unspecified atom stereocenters. The van der Waals surface area contributed by atoms with Crippen molar-refractivity contribution in [1.82, 2.24) is 16.1 Å². The van der Waals surface area contributed by atoms with Gasteiger partial charge in [0, 0.05) is 6.20 Å². The lowest BCUT2D eigenvalue weighted by Crippen LogP contribution is -2.23. The summed E-state index contributed by atoms with van der Waals surface area (Å²) in [4.78, 5) is 18.6. The number of pyridine rings is 2. The van der Waals surface area contributed by atoms with Crippen molar-refractivity contribution in [2.24, 2.45) is 0 Å². The van der Waals surface area contributed by atoms with Crippen molar-refractivity contribution in [3.63, 3.8) is 0 Å². The molecule has 0 spiro atoms. The van der Waals surface area contributed by atoms with E-state index in [4.69, 9.17) is 0 Å². The number of carbonyl (C=O) groups is 1. The molecule has 0 aliphatic heterocycles. The van der Waals surface area contributed by atoms with Crippen molar-refractivity contribution < 1.29 is 9.90 Å². The second kappa shape index (κ2) is 4.99. The molecule has 82 valence electrons. The van der Waals surface area contributed by atoms with Gasteiger partial charge in [-0.2, -0.15) is 0 Å². The minimum Gasteiger partial charge on any atom is -0.543 e. The maximum absolute atomic E-state index is 10.6. The molecule has 16 heavy (non-hydrogen) atoms. The minimum absolute atomic E-state index is 0. The first-order valence-corrected chi connectivity index (χ1v) is 4.37. The zero-order valence-corrected chi connectivity index (χ0v) is 8.75. The Kier molecular flexibility index (Phi) is 3.68. The average Bonchev–Trinajstić information content (AvgIpc) is 2.30. The highest BCUT2D eigenvalue weighted by molar-refractivity contribution is 5.84. The van der Waals surface area contributed by atoms with E-state index in [-0.39, 0.29) is 11.8 Å². The quantitative estimate of drug-likeness (QED) is 0.806. The third-order valence-corrected chi connectivity index (χ3v) is 1.89. The average molecular weight is 217 g/mol. The molecule has 0 radical (unpaired) electrons. The summed E-state index contributed by atoms with van der Waals surface area (Å²) >= 11 is 0. The number of carbonyl (C=O) groups excluding carboxylic acids is 1. The Morgan fingerprint density at radius 3 is 2.44 bits per heavy atom. The van der Waals surface area contributed by atoms with E-state index in [1.54, 1.807) is 30.5 Å². The number of aromatic nitrogens is 2. The van der Waals surface area contributed by atoms with Crippen molar-refractivity contribution >= 4 is 5.97 Å². The van der Waals surface area contributed by atoms with Crippen molar-refractivity contribution in [1.29, 1.82) is 0 Å². The van der Waals surface area contributed by atoms with E-state index in [1.807, 2.05) is 6.07 Å². The van der Waals surface area contributed by atoms with Gasteiger partial charge < -0.3 is 16.1 Å².